The minimum absolute atomic E-state index is 0.399. The van der Waals surface area contributed by atoms with Crippen LogP contribution < -0.4 is 5.32 Å². The number of alkyl halides is 1. The lowest BCUT2D eigenvalue weighted by molar-refractivity contribution is 0.257. The van der Waals surface area contributed by atoms with Gasteiger partial charge in [0.1, 0.15) is 6.17 Å². The van der Waals surface area contributed by atoms with E-state index in [1.54, 1.807) is 0 Å². The molecule has 0 aromatic rings. The number of nitrogens with one attached hydrogen (secondary N) is 1. The van der Waals surface area contributed by atoms with Crippen molar-refractivity contribution in [3.63, 3.8) is 0 Å². The van der Waals surface area contributed by atoms with Gasteiger partial charge >= 0.3 is 0 Å². The molecule has 1 aliphatic rings. The van der Waals surface area contributed by atoms with Crippen LogP contribution >= 0.6 is 0 Å². The van der Waals surface area contributed by atoms with Gasteiger partial charge < -0.3 is 10.2 Å². The third kappa shape index (κ3) is 3.61. The molecule has 2 unspecified atom stereocenters. The van der Waals surface area contributed by atoms with Crippen molar-refractivity contribution in [2.45, 2.75) is 44.9 Å². The second kappa shape index (κ2) is 4.91. The molecular formula is C10H21FN2. The second-order valence-corrected chi connectivity index (χ2v) is 4.30. The number of hydrogen-bond acceptors (Lipinski definition) is 2. The van der Waals surface area contributed by atoms with Crippen molar-refractivity contribution in [3.05, 3.63) is 0 Å². The topological polar surface area (TPSA) is 15.3 Å². The fourth-order valence-corrected chi connectivity index (χ4v) is 1.61. The van der Waals surface area contributed by atoms with Crippen LogP contribution in [0.2, 0.25) is 0 Å². The molecular weight excluding hydrogens is 167 g/mol. The van der Waals surface area contributed by atoms with Crippen molar-refractivity contribution in [2.75, 3.05) is 20.1 Å². The molecule has 0 bridgehead atoms. The molecule has 1 rings (SSSR count). The summed E-state index contributed by atoms with van der Waals surface area (Å²) < 4.78 is 12.8. The number of halogens is 1. The van der Waals surface area contributed by atoms with Crippen LogP contribution in [0.15, 0.2) is 0 Å². The van der Waals surface area contributed by atoms with Crippen molar-refractivity contribution >= 4 is 0 Å². The van der Waals surface area contributed by atoms with Crippen LogP contribution in [0.1, 0.15) is 26.7 Å². The fourth-order valence-electron chi connectivity index (χ4n) is 1.61. The Labute approximate surface area is 80.5 Å². The molecule has 0 amide bonds. The smallest absolute Gasteiger partial charge is 0.114 e. The summed E-state index contributed by atoms with van der Waals surface area (Å²) >= 11 is 0. The van der Waals surface area contributed by atoms with Gasteiger partial charge in [0.25, 0.3) is 0 Å². The minimum Gasteiger partial charge on any atom is -0.311 e. The Bertz CT molecular complexity index is 150. The summed E-state index contributed by atoms with van der Waals surface area (Å²) in [4.78, 5) is 2.30. The van der Waals surface area contributed by atoms with E-state index in [2.05, 4.69) is 31.1 Å². The molecule has 0 aromatic heterocycles. The zero-order valence-electron chi connectivity index (χ0n) is 8.89. The predicted octanol–water partition coefficient (Wildman–Crippen LogP) is 1.42. The Morgan fingerprint density at radius 3 is 2.69 bits per heavy atom. The van der Waals surface area contributed by atoms with E-state index in [1.807, 2.05) is 0 Å². The number of rotatable bonds is 4. The van der Waals surface area contributed by atoms with Crippen molar-refractivity contribution in [1.29, 1.82) is 0 Å². The van der Waals surface area contributed by atoms with E-state index in [4.69, 9.17) is 0 Å². The molecule has 0 radical (unpaired) electrons. The molecule has 1 N–H and O–H groups in total. The first-order valence-corrected chi connectivity index (χ1v) is 5.17. The standard InChI is InChI=1S/C10H21FN2/c1-8(2)13(3)5-4-10-6-9(11)7-12-10/h8-10,12H,4-7H2,1-3H3. The van der Waals surface area contributed by atoms with Crippen molar-refractivity contribution in [3.8, 4) is 0 Å². The van der Waals surface area contributed by atoms with Crippen LogP contribution in [0.5, 0.6) is 0 Å². The van der Waals surface area contributed by atoms with Crippen molar-refractivity contribution in [1.82, 2.24) is 10.2 Å². The lowest BCUT2D eigenvalue weighted by atomic mass is 10.1. The molecule has 1 fully saturated rings. The maximum Gasteiger partial charge on any atom is 0.114 e. The highest BCUT2D eigenvalue weighted by atomic mass is 19.1. The first-order valence-electron chi connectivity index (χ1n) is 5.17. The molecule has 2 atom stereocenters. The van der Waals surface area contributed by atoms with E-state index in [1.165, 1.54) is 0 Å². The molecule has 2 nitrogen and oxygen atoms in total. The van der Waals surface area contributed by atoms with E-state index >= 15 is 0 Å². The van der Waals surface area contributed by atoms with Crippen molar-refractivity contribution < 1.29 is 4.39 Å². The SMILES string of the molecule is CC(C)N(C)CCC1CC(F)CN1. The van der Waals surface area contributed by atoms with Gasteiger partial charge in [-0.25, -0.2) is 4.39 Å². The maximum absolute atomic E-state index is 12.8. The van der Waals surface area contributed by atoms with Gasteiger partial charge in [-0.3, -0.25) is 0 Å². The molecule has 1 aliphatic heterocycles. The summed E-state index contributed by atoms with van der Waals surface area (Å²) in [5.41, 5.74) is 0. The van der Waals surface area contributed by atoms with Crippen LogP contribution in [0.25, 0.3) is 0 Å². The maximum atomic E-state index is 12.8. The predicted molar refractivity (Wildman–Crippen MR) is 53.7 cm³/mol. The van der Waals surface area contributed by atoms with Gasteiger partial charge in [-0.05, 0) is 40.3 Å². The monoisotopic (exact) mass is 188 g/mol. The summed E-state index contributed by atoms with van der Waals surface area (Å²) in [6, 6.07) is 0.985. The molecule has 0 spiro atoms. The van der Waals surface area contributed by atoms with E-state index in [-0.39, 0.29) is 0 Å². The zero-order valence-corrected chi connectivity index (χ0v) is 8.89. The van der Waals surface area contributed by atoms with Crippen molar-refractivity contribution in [2.24, 2.45) is 0 Å². The normalized spacial score (nSPS) is 29.1. The van der Waals surface area contributed by atoms with Gasteiger partial charge in [0.15, 0.2) is 0 Å². The lowest BCUT2D eigenvalue weighted by Gasteiger charge is -2.22. The lowest BCUT2D eigenvalue weighted by Crippen LogP contribution is -2.32. The van der Waals surface area contributed by atoms with Gasteiger partial charge in [0.2, 0.25) is 0 Å². The van der Waals surface area contributed by atoms with Gasteiger partial charge in [0, 0.05) is 18.6 Å². The number of nitrogens with zero attached hydrogens (tertiary/aromatic N) is 1. The summed E-state index contributed by atoms with van der Waals surface area (Å²) in [5, 5.41) is 3.20. The Hall–Kier alpha value is -0.150. The largest absolute Gasteiger partial charge is 0.311 e. The third-order valence-electron chi connectivity index (χ3n) is 2.88. The molecule has 1 heterocycles. The summed E-state index contributed by atoms with van der Waals surface area (Å²) in [5.74, 6) is 0. The molecule has 3 heteroatoms. The molecule has 13 heavy (non-hydrogen) atoms. The van der Waals surface area contributed by atoms with Gasteiger partial charge in [-0.15, -0.1) is 0 Å². The zero-order chi connectivity index (χ0) is 9.84. The molecule has 0 aromatic carbocycles. The first kappa shape index (κ1) is 10.9. The average molecular weight is 188 g/mol. The van der Waals surface area contributed by atoms with Crippen LogP contribution in [0.3, 0.4) is 0 Å². The fraction of sp³-hybridized carbons (Fsp3) is 1.00. The van der Waals surface area contributed by atoms with E-state index in [9.17, 15) is 4.39 Å². The van der Waals surface area contributed by atoms with Gasteiger partial charge in [-0.1, -0.05) is 0 Å². The minimum atomic E-state index is -0.616. The Morgan fingerprint density at radius 1 is 1.54 bits per heavy atom. The second-order valence-electron chi connectivity index (χ2n) is 4.30. The average Bonchev–Trinajstić information content (AvgIpc) is 2.47. The third-order valence-corrected chi connectivity index (χ3v) is 2.88. The van der Waals surface area contributed by atoms with E-state index < -0.39 is 6.17 Å². The first-order chi connectivity index (χ1) is 6.09. The van der Waals surface area contributed by atoms with Gasteiger partial charge in [-0.2, -0.15) is 0 Å². The molecule has 1 saturated heterocycles. The Balaban J connectivity index is 2.12. The Kier molecular flexibility index (Phi) is 4.13. The molecule has 78 valence electrons. The highest BCUT2D eigenvalue weighted by Crippen LogP contribution is 2.13. The van der Waals surface area contributed by atoms with Crippen LogP contribution in [0.4, 0.5) is 4.39 Å². The van der Waals surface area contributed by atoms with E-state index in [0.717, 1.165) is 13.0 Å². The summed E-state index contributed by atoms with van der Waals surface area (Å²) in [6.45, 7) is 5.97. The quantitative estimate of drug-likeness (QED) is 0.717. The number of hydrogen-bond donors (Lipinski definition) is 1. The highest BCUT2D eigenvalue weighted by Gasteiger charge is 2.23. The van der Waals surface area contributed by atoms with E-state index in [0.29, 0.717) is 25.0 Å². The molecule has 0 saturated carbocycles. The van der Waals surface area contributed by atoms with Crippen LogP contribution in [-0.4, -0.2) is 43.3 Å². The summed E-state index contributed by atoms with van der Waals surface area (Å²) in [7, 11) is 2.12. The van der Waals surface area contributed by atoms with Crippen LogP contribution in [-0.2, 0) is 0 Å². The molecule has 0 aliphatic carbocycles. The highest BCUT2D eigenvalue weighted by molar-refractivity contribution is 4.81. The van der Waals surface area contributed by atoms with Crippen LogP contribution in [0, 0.1) is 0 Å². The summed E-state index contributed by atoms with van der Waals surface area (Å²) in [6.07, 6.45) is 1.15. The van der Waals surface area contributed by atoms with Gasteiger partial charge in [0.05, 0.1) is 0 Å². The Morgan fingerprint density at radius 2 is 2.23 bits per heavy atom.